The molecule has 0 radical (unpaired) electrons. The fourth-order valence-corrected chi connectivity index (χ4v) is 0.907. The predicted octanol–water partition coefficient (Wildman–Crippen LogP) is -0.628. The van der Waals surface area contributed by atoms with E-state index >= 15 is 0 Å². The van der Waals surface area contributed by atoms with Gasteiger partial charge in [-0.25, -0.2) is 4.79 Å². The Morgan fingerprint density at radius 3 is 2.53 bits per heavy atom. The number of esters is 2. The minimum Gasteiger partial charge on any atom is -0.502 e. The number of hydrogen-bond acceptors (Lipinski definition) is 7. The summed E-state index contributed by atoms with van der Waals surface area (Å²) >= 11 is 0. The maximum atomic E-state index is 11.2. The molecule has 7 nitrogen and oxygen atoms in total. The first-order chi connectivity index (χ1) is 6.93. The van der Waals surface area contributed by atoms with E-state index in [9.17, 15) is 14.4 Å². The number of carbonyl (C=O) groups excluding carboxylic acids is 3. The molecule has 0 saturated carbocycles. The lowest BCUT2D eigenvalue weighted by molar-refractivity contribution is -0.164. The van der Waals surface area contributed by atoms with Crippen LogP contribution in [0.4, 0.5) is 0 Å². The van der Waals surface area contributed by atoms with E-state index in [1.165, 1.54) is 0 Å². The van der Waals surface area contributed by atoms with Gasteiger partial charge >= 0.3 is 11.9 Å². The van der Waals surface area contributed by atoms with E-state index in [1.807, 2.05) is 0 Å². The number of hydrogen-bond donors (Lipinski definition) is 2. The predicted molar refractivity (Wildman–Crippen MR) is 43.8 cm³/mol. The van der Waals surface area contributed by atoms with Crippen molar-refractivity contribution in [3.8, 4) is 0 Å². The summed E-state index contributed by atoms with van der Waals surface area (Å²) in [4.78, 5) is 32.4. The van der Waals surface area contributed by atoms with E-state index in [0.717, 1.165) is 6.92 Å². The number of ketones is 1. The Kier molecular flexibility index (Phi) is 2.93. The van der Waals surface area contributed by atoms with Crippen LogP contribution >= 0.6 is 0 Å². The summed E-state index contributed by atoms with van der Waals surface area (Å²) in [6.07, 6.45) is -1.41. The van der Waals surface area contributed by atoms with Crippen molar-refractivity contribution in [2.75, 3.05) is 6.61 Å². The van der Waals surface area contributed by atoms with Gasteiger partial charge in [-0.3, -0.25) is 9.59 Å². The molecule has 0 bridgehead atoms. The SMILES string of the molecule is CC(=O)OCC1OC(=O)C(O)=C(O)C1=O. The number of carbonyl (C=O) groups is 3. The Balaban J connectivity index is 2.75. The van der Waals surface area contributed by atoms with Crippen LogP contribution in [-0.2, 0) is 23.9 Å². The van der Waals surface area contributed by atoms with E-state index in [-0.39, 0.29) is 0 Å². The molecule has 0 spiro atoms. The van der Waals surface area contributed by atoms with Crippen molar-refractivity contribution in [1.29, 1.82) is 0 Å². The first-order valence-corrected chi connectivity index (χ1v) is 3.94. The highest BCUT2D eigenvalue weighted by Crippen LogP contribution is 2.14. The summed E-state index contributed by atoms with van der Waals surface area (Å²) in [5.41, 5.74) is 0. The molecule has 0 aliphatic carbocycles. The maximum absolute atomic E-state index is 11.2. The van der Waals surface area contributed by atoms with Gasteiger partial charge in [0.15, 0.2) is 0 Å². The van der Waals surface area contributed by atoms with Crippen molar-refractivity contribution < 1.29 is 34.1 Å². The van der Waals surface area contributed by atoms with Crippen molar-refractivity contribution in [3.63, 3.8) is 0 Å². The van der Waals surface area contributed by atoms with E-state index < -0.39 is 42.0 Å². The van der Waals surface area contributed by atoms with Crippen LogP contribution in [0.5, 0.6) is 0 Å². The van der Waals surface area contributed by atoms with Gasteiger partial charge < -0.3 is 19.7 Å². The van der Waals surface area contributed by atoms with Crippen LogP contribution in [-0.4, -0.2) is 40.6 Å². The van der Waals surface area contributed by atoms with E-state index in [4.69, 9.17) is 10.2 Å². The van der Waals surface area contributed by atoms with Gasteiger partial charge in [0.1, 0.15) is 6.61 Å². The first kappa shape index (κ1) is 11.0. The molecule has 1 aliphatic rings. The minimum atomic E-state index is -1.41. The summed E-state index contributed by atoms with van der Waals surface area (Å²) in [7, 11) is 0. The molecule has 1 rings (SSSR count). The number of ether oxygens (including phenoxy) is 2. The van der Waals surface area contributed by atoms with Crippen LogP contribution in [0, 0.1) is 0 Å². The molecule has 1 unspecified atom stereocenters. The fourth-order valence-electron chi connectivity index (χ4n) is 0.907. The molecule has 1 heterocycles. The average Bonchev–Trinajstić information content (AvgIpc) is 2.18. The third-order valence-electron chi connectivity index (χ3n) is 1.63. The normalized spacial score (nSPS) is 21.3. The minimum absolute atomic E-state index is 0.489. The lowest BCUT2D eigenvalue weighted by atomic mass is 10.1. The molecule has 0 saturated heterocycles. The lowest BCUT2D eigenvalue weighted by Crippen LogP contribution is -2.39. The monoisotopic (exact) mass is 216 g/mol. The van der Waals surface area contributed by atoms with Gasteiger partial charge in [-0.2, -0.15) is 0 Å². The highest BCUT2D eigenvalue weighted by Gasteiger charge is 2.37. The molecule has 1 aliphatic heterocycles. The molecule has 0 fully saturated rings. The van der Waals surface area contributed by atoms with Crippen LogP contribution in [0.1, 0.15) is 6.92 Å². The molecule has 82 valence electrons. The zero-order valence-corrected chi connectivity index (χ0v) is 7.72. The Morgan fingerprint density at radius 2 is 2.00 bits per heavy atom. The second kappa shape index (κ2) is 3.99. The van der Waals surface area contributed by atoms with Gasteiger partial charge in [-0.1, -0.05) is 0 Å². The highest BCUT2D eigenvalue weighted by molar-refractivity contribution is 6.07. The molecule has 0 amide bonds. The van der Waals surface area contributed by atoms with Crippen LogP contribution in [0.3, 0.4) is 0 Å². The summed E-state index contributed by atoms with van der Waals surface area (Å²) in [6.45, 7) is 0.625. The second-order valence-corrected chi connectivity index (χ2v) is 2.76. The molecular weight excluding hydrogens is 208 g/mol. The quantitative estimate of drug-likeness (QED) is 0.591. The molecule has 1 atom stereocenters. The molecule has 0 aromatic carbocycles. The van der Waals surface area contributed by atoms with Gasteiger partial charge in [0, 0.05) is 6.92 Å². The van der Waals surface area contributed by atoms with Crippen molar-refractivity contribution in [2.24, 2.45) is 0 Å². The summed E-state index contributed by atoms with van der Waals surface area (Å²) in [5.74, 6) is -5.11. The molecule has 2 N–H and O–H groups in total. The van der Waals surface area contributed by atoms with Crippen LogP contribution in [0.2, 0.25) is 0 Å². The van der Waals surface area contributed by atoms with Gasteiger partial charge in [0.2, 0.25) is 23.4 Å². The molecule has 0 aromatic heterocycles. The lowest BCUT2D eigenvalue weighted by Gasteiger charge is -2.19. The molecule has 0 aromatic rings. The second-order valence-electron chi connectivity index (χ2n) is 2.76. The topological polar surface area (TPSA) is 110 Å². The number of aliphatic hydroxyl groups excluding tert-OH is 2. The highest BCUT2D eigenvalue weighted by atomic mass is 16.6. The number of cyclic esters (lactones) is 1. The van der Waals surface area contributed by atoms with Crippen molar-refractivity contribution in [1.82, 2.24) is 0 Å². The number of Topliss-reactive ketones (excluding diaryl/α,β-unsaturated/α-hetero) is 1. The summed E-state index contributed by atoms with van der Waals surface area (Å²) < 4.78 is 8.83. The smallest absolute Gasteiger partial charge is 0.378 e. The standard InChI is InChI=1S/C8H8O7/c1-3(9)14-2-4-5(10)6(11)7(12)8(13)15-4/h4,11-12H,2H2,1H3. The van der Waals surface area contributed by atoms with Crippen LogP contribution in [0.25, 0.3) is 0 Å². The Hall–Kier alpha value is -2.05. The van der Waals surface area contributed by atoms with Gasteiger partial charge in [0.25, 0.3) is 0 Å². The van der Waals surface area contributed by atoms with Crippen molar-refractivity contribution in [3.05, 3.63) is 11.5 Å². The fraction of sp³-hybridized carbons (Fsp3) is 0.375. The Bertz CT molecular complexity index is 354. The van der Waals surface area contributed by atoms with E-state index in [1.54, 1.807) is 0 Å². The average molecular weight is 216 g/mol. The zero-order chi connectivity index (χ0) is 11.6. The van der Waals surface area contributed by atoms with E-state index in [0.29, 0.717) is 0 Å². The van der Waals surface area contributed by atoms with Gasteiger partial charge in [0.05, 0.1) is 0 Å². The molecule has 7 heteroatoms. The zero-order valence-electron chi connectivity index (χ0n) is 7.72. The van der Waals surface area contributed by atoms with Crippen molar-refractivity contribution in [2.45, 2.75) is 13.0 Å². The third-order valence-corrected chi connectivity index (χ3v) is 1.63. The summed E-state index contributed by atoms with van der Waals surface area (Å²) in [5, 5.41) is 17.8. The Labute approximate surface area is 83.9 Å². The number of aliphatic hydroxyl groups is 2. The van der Waals surface area contributed by atoms with Gasteiger partial charge in [-0.05, 0) is 0 Å². The molecule has 15 heavy (non-hydrogen) atoms. The van der Waals surface area contributed by atoms with Gasteiger partial charge in [-0.15, -0.1) is 0 Å². The molecular formula is C8H8O7. The Morgan fingerprint density at radius 1 is 1.40 bits per heavy atom. The van der Waals surface area contributed by atoms with Crippen LogP contribution < -0.4 is 0 Å². The van der Waals surface area contributed by atoms with Crippen LogP contribution in [0.15, 0.2) is 11.5 Å². The first-order valence-electron chi connectivity index (χ1n) is 3.94. The van der Waals surface area contributed by atoms with E-state index in [2.05, 4.69) is 9.47 Å². The summed E-state index contributed by atoms with van der Waals surface area (Å²) in [6, 6.07) is 0. The third kappa shape index (κ3) is 2.25. The van der Waals surface area contributed by atoms with Crippen molar-refractivity contribution >= 4 is 17.7 Å². The largest absolute Gasteiger partial charge is 0.502 e. The maximum Gasteiger partial charge on any atom is 0.378 e. The number of rotatable bonds is 2.